The third kappa shape index (κ3) is 3.93. The van der Waals surface area contributed by atoms with Crippen molar-refractivity contribution < 1.29 is 0 Å². The molecule has 0 spiro atoms. The van der Waals surface area contributed by atoms with Gasteiger partial charge in [-0.2, -0.15) is 0 Å². The summed E-state index contributed by atoms with van der Waals surface area (Å²) in [5, 5.41) is 6.34. The molecule has 0 aliphatic carbocycles. The lowest BCUT2D eigenvalue weighted by molar-refractivity contribution is 0.598. The predicted molar refractivity (Wildman–Crippen MR) is 108 cm³/mol. The summed E-state index contributed by atoms with van der Waals surface area (Å²) in [4.78, 5) is 0. The van der Waals surface area contributed by atoms with Crippen LogP contribution in [0.5, 0.6) is 0 Å². The van der Waals surface area contributed by atoms with Gasteiger partial charge in [0, 0.05) is 34.9 Å². The van der Waals surface area contributed by atoms with E-state index in [4.69, 9.17) is 0 Å². The molecule has 0 saturated carbocycles. The second kappa shape index (κ2) is 9.10. The largest absolute Gasteiger partial charge is 0.341 e. The maximum Gasteiger partial charge on any atom is 0.0491 e. The number of halogens is 1. The van der Waals surface area contributed by atoms with Crippen molar-refractivity contribution in [3.63, 3.8) is 0 Å². The van der Waals surface area contributed by atoms with Crippen LogP contribution in [0.15, 0.2) is 42.5 Å². The lowest BCUT2D eigenvalue weighted by Crippen LogP contribution is -2.14. The number of nitrogens with zero attached hydrogens (tertiary/aromatic N) is 1. The van der Waals surface area contributed by atoms with Gasteiger partial charge in [-0.1, -0.05) is 50.5 Å². The minimum Gasteiger partial charge on any atom is -0.341 e. The molecule has 3 heteroatoms. The molecule has 24 heavy (non-hydrogen) atoms. The molecular formula is C21H29ClN2. The molecule has 0 unspecified atom stereocenters. The van der Waals surface area contributed by atoms with Crippen LogP contribution in [0.1, 0.15) is 45.1 Å². The number of benzene rings is 2. The Balaban J connectivity index is 0.00000208. The number of fused-ring (bicyclic) bond motifs is 3. The van der Waals surface area contributed by atoms with Crippen LogP contribution in [0.3, 0.4) is 0 Å². The lowest BCUT2D eigenvalue weighted by atomic mass is 10.1. The van der Waals surface area contributed by atoms with Crippen molar-refractivity contribution in [1.29, 1.82) is 0 Å². The van der Waals surface area contributed by atoms with E-state index in [-0.39, 0.29) is 12.4 Å². The van der Waals surface area contributed by atoms with Crippen LogP contribution >= 0.6 is 12.4 Å². The van der Waals surface area contributed by atoms with Gasteiger partial charge in [0.25, 0.3) is 0 Å². The van der Waals surface area contributed by atoms with Crippen LogP contribution < -0.4 is 5.32 Å². The number of para-hydroxylation sites is 1. The summed E-state index contributed by atoms with van der Waals surface area (Å²) in [6, 6.07) is 15.7. The number of hydrogen-bond acceptors (Lipinski definition) is 1. The first kappa shape index (κ1) is 18.8. The molecule has 0 aliphatic rings. The number of hydrogen-bond donors (Lipinski definition) is 1. The molecule has 130 valence electrons. The normalized spacial score (nSPS) is 11.1. The maximum atomic E-state index is 3.59. The van der Waals surface area contributed by atoms with Crippen LogP contribution in [0.4, 0.5) is 0 Å². The standard InChI is InChI=1S/C21H28N2.ClH/c1-3-5-6-9-14-22-16-17-12-13-21-19(15-17)18-10-7-8-11-20(18)23(21)4-2;/h7-8,10-13,15,22H,3-6,9,14,16H2,1-2H3;1H. The average Bonchev–Trinajstić information content (AvgIpc) is 2.91. The molecular weight excluding hydrogens is 316 g/mol. The molecule has 1 aromatic heterocycles. The summed E-state index contributed by atoms with van der Waals surface area (Å²) in [6.07, 6.45) is 5.28. The number of aryl methyl sites for hydroxylation is 1. The molecule has 3 rings (SSSR count). The van der Waals surface area contributed by atoms with E-state index in [1.165, 1.54) is 53.1 Å². The molecule has 0 bridgehead atoms. The fourth-order valence-electron chi connectivity index (χ4n) is 3.46. The number of aromatic nitrogens is 1. The van der Waals surface area contributed by atoms with Gasteiger partial charge >= 0.3 is 0 Å². The molecule has 0 saturated heterocycles. The third-order valence-corrected chi connectivity index (χ3v) is 4.69. The second-order valence-electron chi connectivity index (χ2n) is 6.35. The summed E-state index contributed by atoms with van der Waals surface area (Å²) in [5.41, 5.74) is 4.07. The van der Waals surface area contributed by atoms with E-state index in [1.807, 2.05) is 0 Å². The number of rotatable bonds is 8. The van der Waals surface area contributed by atoms with Crippen molar-refractivity contribution in [3.05, 3.63) is 48.0 Å². The number of unbranched alkanes of at least 4 members (excludes halogenated alkanes) is 3. The van der Waals surface area contributed by atoms with Crippen molar-refractivity contribution in [2.75, 3.05) is 6.54 Å². The van der Waals surface area contributed by atoms with Gasteiger partial charge in [-0.05, 0) is 43.7 Å². The maximum absolute atomic E-state index is 3.59. The van der Waals surface area contributed by atoms with Gasteiger partial charge in [-0.25, -0.2) is 0 Å². The summed E-state index contributed by atoms with van der Waals surface area (Å²) >= 11 is 0. The van der Waals surface area contributed by atoms with Gasteiger partial charge in [-0.15, -0.1) is 12.4 Å². The first-order valence-electron chi connectivity index (χ1n) is 9.05. The monoisotopic (exact) mass is 344 g/mol. The number of nitrogens with one attached hydrogen (secondary N) is 1. The van der Waals surface area contributed by atoms with Crippen molar-refractivity contribution >= 4 is 34.2 Å². The van der Waals surface area contributed by atoms with Crippen LogP contribution in [-0.2, 0) is 13.1 Å². The van der Waals surface area contributed by atoms with Gasteiger partial charge in [0.2, 0.25) is 0 Å². The highest BCUT2D eigenvalue weighted by Gasteiger charge is 2.09. The van der Waals surface area contributed by atoms with Crippen molar-refractivity contribution in [2.45, 2.75) is 52.6 Å². The van der Waals surface area contributed by atoms with E-state index in [0.29, 0.717) is 0 Å². The van der Waals surface area contributed by atoms with Gasteiger partial charge in [-0.3, -0.25) is 0 Å². The van der Waals surface area contributed by atoms with Crippen LogP contribution in [-0.4, -0.2) is 11.1 Å². The summed E-state index contributed by atoms with van der Waals surface area (Å²) in [5.74, 6) is 0. The zero-order chi connectivity index (χ0) is 16.1. The SMILES string of the molecule is CCCCCCNCc1ccc2c(c1)c1ccccc1n2CC.Cl. The van der Waals surface area contributed by atoms with Gasteiger partial charge in [0.1, 0.15) is 0 Å². The molecule has 0 aliphatic heterocycles. The fourth-order valence-corrected chi connectivity index (χ4v) is 3.46. The fraction of sp³-hybridized carbons (Fsp3) is 0.429. The summed E-state index contributed by atoms with van der Waals surface area (Å²) < 4.78 is 2.41. The highest BCUT2D eigenvalue weighted by molar-refractivity contribution is 6.08. The molecule has 2 aromatic carbocycles. The Labute approximate surface area is 151 Å². The summed E-state index contributed by atoms with van der Waals surface area (Å²) in [7, 11) is 0. The van der Waals surface area contributed by atoms with E-state index in [9.17, 15) is 0 Å². The summed E-state index contributed by atoms with van der Waals surface area (Å²) in [6.45, 7) is 7.58. The smallest absolute Gasteiger partial charge is 0.0491 e. The lowest BCUT2D eigenvalue weighted by Gasteiger charge is -2.06. The highest BCUT2D eigenvalue weighted by atomic mass is 35.5. The van der Waals surface area contributed by atoms with Crippen LogP contribution in [0, 0.1) is 0 Å². The zero-order valence-corrected chi connectivity index (χ0v) is 15.7. The Morgan fingerprint density at radius 1 is 0.875 bits per heavy atom. The highest BCUT2D eigenvalue weighted by Crippen LogP contribution is 2.29. The predicted octanol–water partition coefficient (Wildman–Crippen LogP) is 5.91. The molecule has 1 heterocycles. The first-order chi connectivity index (χ1) is 11.3. The molecule has 2 nitrogen and oxygen atoms in total. The van der Waals surface area contributed by atoms with Crippen molar-refractivity contribution in [1.82, 2.24) is 9.88 Å². The Kier molecular flexibility index (Phi) is 7.14. The molecule has 0 fully saturated rings. The Morgan fingerprint density at radius 3 is 2.46 bits per heavy atom. The van der Waals surface area contributed by atoms with E-state index in [1.54, 1.807) is 0 Å². The van der Waals surface area contributed by atoms with E-state index >= 15 is 0 Å². The van der Waals surface area contributed by atoms with Crippen molar-refractivity contribution in [2.24, 2.45) is 0 Å². The molecule has 0 radical (unpaired) electrons. The average molecular weight is 345 g/mol. The molecule has 3 aromatic rings. The quantitative estimate of drug-likeness (QED) is 0.503. The van der Waals surface area contributed by atoms with Crippen LogP contribution in [0.2, 0.25) is 0 Å². The van der Waals surface area contributed by atoms with E-state index < -0.39 is 0 Å². The molecule has 1 N–H and O–H groups in total. The van der Waals surface area contributed by atoms with Gasteiger partial charge < -0.3 is 9.88 Å². The topological polar surface area (TPSA) is 17.0 Å². The third-order valence-electron chi connectivity index (χ3n) is 4.69. The van der Waals surface area contributed by atoms with E-state index in [0.717, 1.165) is 19.6 Å². The molecule has 0 amide bonds. The molecule has 0 atom stereocenters. The minimum atomic E-state index is 0. The van der Waals surface area contributed by atoms with Gasteiger partial charge in [0.15, 0.2) is 0 Å². The van der Waals surface area contributed by atoms with Crippen LogP contribution in [0.25, 0.3) is 21.8 Å². The Morgan fingerprint density at radius 2 is 1.67 bits per heavy atom. The Hall–Kier alpha value is -1.51. The first-order valence-corrected chi connectivity index (χ1v) is 9.05. The Bertz CT molecular complexity index is 776. The zero-order valence-electron chi connectivity index (χ0n) is 14.8. The minimum absolute atomic E-state index is 0. The van der Waals surface area contributed by atoms with E-state index in [2.05, 4.69) is 66.2 Å². The second-order valence-corrected chi connectivity index (χ2v) is 6.35. The van der Waals surface area contributed by atoms with Crippen molar-refractivity contribution in [3.8, 4) is 0 Å². The van der Waals surface area contributed by atoms with Gasteiger partial charge in [0.05, 0.1) is 0 Å².